The molecule has 0 bridgehead atoms. The summed E-state index contributed by atoms with van der Waals surface area (Å²) in [5, 5.41) is 2.13. The maximum absolute atomic E-state index is 13.6. The van der Waals surface area contributed by atoms with E-state index in [1.807, 2.05) is 48.5 Å². The van der Waals surface area contributed by atoms with Gasteiger partial charge < -0.3 is 24.3 Å². The predicted octanol–water partition coefficient (Wildman–Crippen LogP) is 11.0. The number of hydrogen-bond acceptors (Lipinski definition) is 7. The van der Waals surface area contributed by atoms with Crippen LogP contribution < -0.4 is 5.73 Å². The molecule has 2 aliphatic carbocycles. The van der Waals surface area contributed by atoms with E-state index in [-0.39, 0.29) is 31.3 Å². The second-order valence-electron chi connectivity index (χ2n) is 15.6. The summed E-state index contributed by atoms with van der Waals surface area (Å²) in [6.45, 7) is 1.26. The predicted molar refractivity (Wildman–Crippen MR) is 236 cm³/mol. The van der Waals surface area contributed by atoms with Crippen molar-refractivity contribution in [3.8, 4) is 0 Å². The Morgan fingerprint density at radius 1 is 0.574 bits per heavy atom. The molecule has 9 nitrogen and oxygen atoms in total. The quantitative estimate of drug-likeness (QED) is 0.122. The summed E-state index contributed by atoms with van der Waals surface area (Å²) in [6.07, 6.45) is 12.5. The fourth-order valence-corrected chi connectivity index (χ4v) is 8.49. The summed E-state index contributed by atoms with van der Waals surface area (Å²) in [4.78, 5) is 17.3. The van der Waals surface area contributed by atoms with E-state index in [1.165, 1.54) is 35.9 Å². The van der Waals surface area contributed by atoms with Gasteiger partial charge in [-0.15, -0.1) is 0 Å². The second kappa shape index (κ2) is 18.7. The minimum atomic E-state index is -0.240. The van der Waals surface area contributed by atoms with E-state index in [0.29, 0.717) is 49.1 Å². The van der Waals surface area contributed by atoms with E-state index in [4.69, 9.17) is 26.8 Å². The molecule has 0 aliphatic heterocycles. The molecule has 2 N–H and O–H groups in total. The van der Waals surface area contributed by atoms with Gasteiger partial charge in [0.15, 0.2) is 0 Å². The maximum atomic E-state index is 13.6. The highest BCUT2D eigenvalue weighted by Gasteiger charge is 2.34. The molecule has 0 spiro atoms. The Labute approximate surface area is 359 Å². The Morgan fingerprint density at radius 3 is 1.51 bits per heavy atom. The van der Waals surface area contributed by atoms with Crippen LogP contribution in [0.3, 0.4) is 0 Å². The van der Waals surface area contributed by atoms with Crippen LogP contribution in [-0.2, 0) is 35.5 Å². The number of hydrogen-bond donors (Lipinski definition) is 1. The third-order valence-electron chi connectivity index (χ3n) is 11.5. The molecule has 2 fully saturated rings. The van der Waals surface area contributed by atoms with Crippen molar-refractivity contribution in [1.82, 2.24) is 29.1 Å². The van der Waals surface area contributed by atoms with Crippen molar-refractivity contribution >= 4 is 39.5 Å². The van der Waals surface area contributed by atoms with Crippen molar-refractivity contribution in [2.24, 2.45) is 0 Å². The number of nitrogens with zero attached hydrogens (tertiary/aromatic N) is 6. The smallest absolute Gasteiger partial charge is 0.146 e. The molecule has 0 amide bonds. The zero-order valence-electron chi connectivity index (χ0n) is 32.9. The van der Waals surface area contributed by atoms with E-state index < -0.39 is 0 Å². The zero-order valence-corrected chi connectivity index (χ0v) is 33.6. The van der Waals surface area contributed by atoms with Gasteiger partial charge in [0.05, 0.1) is 36.2 Å². The Hall–Kier alpha value is -6.01. The monoisotopic (exact) mass is 839 g/mol. The van der Waals surface area contributed by atoms with Gasteiger partial charge in [-0.25, -0.2) is 28.7 Å². The van der Waals surface area contributed by atoms with Gasteiger partial charge in [-0.05, 0) is 96.2 Å². The molecule has 0 atom stereocenters. The normalized spacial score (nSPS) is 18.1. The van der Waals surface area contributed by atoms with Crippen LogP contribution in [0.1, 0.15) is 78.6 Å². The molecule has 8 aromatic rings. The van der Waals surface area contributed by atoms with E-state index >= 15 is 0 Å². The number of rotatable bonds is 12. The minimum absolute atomic E-state index is 0. The van der Waals surface area contributed by atoms with Gasteiger partial charge in [-0.3, -0.25) is 0 Å². The van der Waals surface area contributed by atoms with Crippen LogP contribution in [-0.4, -0.2) is 41.3 Å². The first-order valence-electron chi connectivity index (χ1n) is 20.2. The summed E-state index contributed by atoms with van der Waals surface area (Å²) in [6, 6.07) is 34.3. The molecular formula is C49H48ClF2N7O2. The van der Waals surface area contributed by atoms with Gasteiger partial charge in [0.1, 0.15) is 46.6 Å². The summed E-state index contributed by atoms with van der Waals surface area (Å²) in [5.74, 6) is -0.0183. The molecule has 312 valence electrons. The van der Waals surface area contributed by atoms with Crippen LogP contribution in [0.25, 0.3) is 22.1 Å². The second-order valence-corrected chi connectivity index (χ2v) is 16.0. The average molecular weight is 840 g/mol. The van der Waals surface area contributed by atoms with Crippen LogP contribution >= 0.6 is 11.6 Å². The molecule has 0 radical (unpaired) electrons. The Bertz CT molecular complexity index is 2530. The third-order valence-corrected chi connectivity index (χ3v) is 11.8. The summed E-state index contributed by atoms with van der Waals surface area (Å²) in [7, 11) is 0. The highest BCUT2D eigenvalue weighted by molar-refractivity contribution is 6.34. The van der Waals surface area contributed by atoms with E-state index in [1.54, 1.807) is 24.3 Å². The molecule has 4 aromatic heterocycles. The lowest BCUT2D eigenvalue weighted by Gasteiger charge is -2.36. The van der Waals surface area contributed by atoms with Crippen molar-refractivity contribution in [1.29, 1.82) is 0 Å². The molecular weight excluding hydrogens is 792 g/mol. The number of benzene rings is 4. The van der Waals surface area contributed by atoms with Crippen molar-refractivity contribution in [2.45, 2.75) is 83.5 Å². The van der Waals surface area contributed by atoms with Gasteiger partial charge in [0.25, 0.3) is 0 Å². The van der Waals surface area contributed by atoms with Crippen molar-refractivity contribution in [3.05, 3.63) is 184 Å². The third kappa shape index (κ3) is 9.49. The number of ether oxygens (including phenoxy) is 2. The van der Waals surface area contributed by atoms with E-state index in [9.17, 15) is 8.78 Å². The number of nitrogens with two attached hydrogens (primary N) is 1. The number of aromatic nitrogens is 6. The topological polar surface area (TPSA) is 106 Å². The Morgan fingerprint density at radius 2 is 1.02 bits per heavy atom. The van der Waals surface area contributed by atoms with Crippen molar-refractivity contribution in [2.75, 3.05) is 5.73 Å². The lowest BCUT2D eigenvalue weighted by Crippen LogP contribution is -2.33. The first kappa shape index (κ1) is 41.7. The SMILES string of the molecule is C.Fc1cccc(Cc2cn(C3CC(OCc4ccccc4)C3)c3ncnc(Cl)c23)c1.Nc1ncnc2c1c(Cc1cccc(F)c1)cn2C1CC(OCc2ccccc2)C1. The van der Waals surface area contributed by atoms with Gasteiger partial charge in [-0.2, -0.15) is 0 Å². The van der Waals surface area contributed by atoms with Crippen LogP contribution in [0.4, 0.5) is 14.6 Å². The van der Waals surface area contributed by atoms with Crippen molar-refractivity contribution < 1.29 is 18.3 Å². The van der Waals surface area contributed by atoms with Gasteiger partial charge >= 0.3 is 0 Å². The summed E-state index contributed by atoms with van der Waals surface area (Å²) in [5.41, 5.74) is 14.0. The van der Waals surface area contributed by atoms with Crippen LogP contribution in [0.5, 0.6) is 0 Å². The fourth-order valence-electron chi connectivity index (χ4n) is 8.25. The molecule has 0 saturated heterocycles. The molecule has 12 heteroatoms. The summed E-state index contributed by atoms with van der Waals surface area (Å²) >= 11 is 6.42. The molecule has 2 saturated carbocycles. The largest absolute Gasteiger partial charge is 0.383 e. The standard InChI is InChI=1S/C24H21ClFN3O.C24H23FN4O.CH4/c25-23-22-18(9-17-7-4-8-19(26)10-17)13-29(24(22)28-15-27-23)20-11-21(12-20)30-14-16-5-2-1-3-6-16;25-19-8-4-7-17(10-19)9-18-13-29(24-22(18)23(26)27-15-28-24)20-11-21(12-20)30-14-16-5-2-1-3-6-16;/h1-8,10,13,15,20-21H,9,11-12,14H2;1-8,10,13,15,20-21H,9,11-12,14H2,(H2,26,27,28);1H4. The highest BCUT2D eigenvalue weighted by Crippen LogP contribution is 2.41. The molecule has 10 rings (SSSR count). The van der Waals surface area contributed by atoms with Crippen LogP contribution in [0.2, 0.25) is 5.15 Å². The fraction of sp³-hybridized carbons (Fsp3) is 0.265. The molecule has 2 aliphatic rings. The molecule has 4 heterocycles. The summed E-state index contributed by atoms with van der Waals surface area (Å²) < 4.78 is 43.7. The average Bonchev–Trinajstić information content (AvgIpc) is 3.77. The van der Waals surface area contributed by atoms with Crippen LogP contribution in [0.15, 0.2) is 134 Å². The zero-order chi connectivity index (χ0) is 41.0. The Kier molecular flexibility index (Phi) is 12.8. The molecule has 61 heavy (non-hydrogen) atoms. The maximum Gasteiger partial charge on any atom is 0.146 e. The van der Waals surface area contributed by atoms with Crippen molar-refractivity contribution in [3.63, 3.8) is 0 Å². The van der Waals surface area contributed by atoms with E-state index in [2.05, 4.69) is 65.7 Å². The molecule has 4 aromatic carbocycles. The number of nitrogen functional groups attached to an aromatic ring is 1. The lowest BCUT2D eigenvalue weighted by molar-refractivity contribution is -0.0349. The van der Waals surface area contributed by atoms with Gasteiger partial charge in [-0.1, -0.05) is 104 Å². The lowest BCUT2D eigenvalue weighted by atomic mass is 9.89. The number of halogens is 3. The van der Waals surface area contributed by atoms with Crippen LogP contribution in [0, 0.1) is 11.6 Å². The number of anilines is 1. The Balaban J connectivity index is 0.000000166. The molecule has 0 unspecified atom stereocenters. The first-order valence-corrected chi connectivity index (χ1v) is 20.6. The van der Waals surface area contributed by atoms with Gasteiger partial charge in [0, 0.05) is 24.5 Å². The first-order chi connectivity index (χ1) is 29.3. The van der Waals surface area contributed by atoms with E-state index in [0.717, 1.165) is 70.0 Å². The minimum Gasteiger partial charge on any atom is -0.383 e. The number of fused-ring (bicyclic) bond motifs is 2. The van der Waals surface area contributed by atoms with Gasteiger partial charge in [0.2, 0.25) is 0 Å². The highest BCUT2D eigenvalue weighted by atomic mass is 35.5.